The van der Waals surface area contributed by atoms with Gasteiger partial charge in [0.05, 0.1) is 12.0 Å². The molecule has 1 aliphatic rings. The number of alkyl halides is 1. The Morgan fingerprint density at radius 1 is 1.10 bits per heavy atom. The normalized spacial score (nSPS) is 17.4. The van der Waals surface area contributed by atoms with Crippen LogP contribution in [-0.4, -0.2) is 6.61 Å². The Morgan fingerprint density at radius 2 is 1.85 bits per heavy atom. The minimum atomic E-state index is -0.114. The molecule has 0 saturated heterocycles. The van der Waals surface area contributed by atoms with E-state index in [1.165, 1.54) is 11.1 Å². The average Bonchev–Trinajstić information content (AvgIpc) is 2.73. The summed E-state index contributed by atoms with van der Waals surface area (Å²) in [6, 6.07) is 14.7. The topological polar surface area (TPSA) is 9.23 Å². The monoisotopic (exact) mass is 286 g/mol. The van der Waals surface area contributed by atoms with E-state index < -0.39 is 0 Å². The molecule has 1 unspecified atom stereocenters. The first-order valence-corrected chi connectivity index (χ1v) is 7.39. The minimum Gasteiger partial charge on any atom is -0.492 e. The number of aryl methyl sites for hydroxylation is 1. The van der Waals surface area contributed by atoms with E-state index in [9.17, 15) is 0 Å². The van der Waals surface area contributed by atoms with Crippen LogP contribution in [-0.2, 0) is 5.41 Å². The SMILES string of the molecule is Cc1cccc(C(Cl)c2ccc3c(c2)C(C)(C)CO3)c1. The molecule has 3 rings (SSSR count). The zero-order valence-electron chi connectivity index (χ0n) is 12.1. The Morgan fingerprint density at radius 3 is 2.60 bits per heavy atom. The van der Waals surface area contributed by atoms with Gasteiger partial charge in [0.1, 0.15) is 5.75 Å². The predicted molar refractivity (Wildman–Crippen MR) is 83.8 cm³/mol. The summed E-state index contributed by atoms with van der Waals surface area (Å²) in [5, 5.41) is -0.114. The molecule has 0 fully saturated rings. The summed E-state index contributed by atoms with van der Waals surface area (Å²) in [6.45, 7) is 7.24. The largest absolute Gasteiger partial charge is 0.492 e. The predicted octanol–water partition coefficient (Wildman–Crippen LogP) is 4.99. The first-order chi connectivity index (χ1) is 9.47. The van der Waals surface area contributed by atoms with Gasteiger partial charge in [-0.15, -0.1) is 11.6 Å². The van der Waals surface area contributed by atoms with Crippen LogP contribution < -0.4 is 4.74 Å². The van der Waals surface area contributed by atoms with Gasteiger partial charge in [0.2, 0.25) is 0 Å². The van der Waals surface area contributed by atoms with Crippen LogP contribution in [0.1, 0.15) is 41.5 Å². The van der Waals surface area contributed by atoms with E-state index >= 15 is 0 Å². The van der Waals surface area contributed by atoms with Gasteiger partial charge >= 0.3 is 0 Å². The molecular weight excluding hydrogens is 268 g/mol. The zero-order valence-corrected chi connectivity index (χ0v) is 12.9. The lowest BCUT2D eigenvalue weighted by Crippen LogP contribution is -2.18. The van der Waals surface area contributed by atoms with Crippen molar-refractivity contribution >= 4 is 11.6 Å². The molecule has 1 atom stereocenters. The number of fused-ring (bicyclic) bond motifs is 1. The van der Waals surface area contributed by atoms with E-state index in [2.05, 4.69) is 57.2 Å². The van der Waals surface area contributed by atoms with E-state index in [0.717, 1.165) is 23.5 Å². The van der Waals surface area contributed by atoms with Crippen LogP contribution in [0.5, 0.6) is 5.75 Å². The minimum absolute atomic E-state index is 0.0640. The molecule has 0 spiro atoms. The molecule has 0 aliphatic carbocycles. The Balaban J connectivity index is 1.99. The smallest absolute Gasteiger partial charge is 0.123 e. The third-order valence-electron chi connectivity index (χ3n) is 3.95. The highest BCUT2D eigenvalue weighted by Crippen LogP contribution is 2.41. The molecule has 2 heteroatoms. The summed E-state index contributed by atoms with van der Waals surface area (Å²) in [5.74, 6) is 0.992. The van der Waals surface area contributed by atoms with Gasteiger partial charge in [0.15, 0.2) is 0 Å². The second-order valence-electron chi connectivity index (χ2n) is 6.20. The Labute approximate surface area is 125 Å². The van der Waals surface area contributed by atoms with Gasteiger partial charge in [0, 0.05) is 11.0 Å². The van der Waals surface area contributed by atoms with Crippen LogP contribution in [0.2, 0.25) is 0 Å². The molecule has 0 N–H and O–H groups in total. The maximum atomic E-state index is 6.66. The number of halogens is 1. The first kappa shape index (κ1) is 13.5. The van der Waals surface area contributed by atoms with Gasteiger partial charge in [0.25, 0.3) is 0 Å². The summed E-state index contributed by atoms with van der Waals surface area (Å²) >= 11 is 6.66. The molecule has 20 heavy (non-hydrogen) atoms. The van der Waals surface area contributed by atoms with Crippen molar-refractivity contribution in [3.8, 4) is 5.75 Å². The molecule has 0 saturated carbocycles. The Bertz CT molecular complexity index is 646. The van der Waals surface area contributed by atoms with Crippen LogP contribution in [0.15, 0.2) is 42.5 Å². The van der Waals surface area contributed by atoms with Crippen molar-refractivity contribution in [3.05, 3.63) is 64.7 Å². The van der Waals surface area contributed by atoms with Gasteiger partial charge in [-0.3, -0.25) is 0 Å². The van der Waals surface area contributed by atoms with Crippen molar-refractivity contribution < 1.29 is 4.74 Å². The molecule has 2 aromatic rings. The van der Waals surface area contributed by atoms with Gasteiger partial charge in [-0.2, -0.15) is 0 Å². The highest BCUT2D eigenvalue weighted by molar-refractivity contribution is 6.22. The molecular formula is C18H19ClO. The number of hydrogen-bond donors (Lipinski definition) is 0. The van der Waals surface area contributed by atoms with Crippen molar-refractivity contribution in [1.82, 2.24) is 0 Å². The van der Waals surface area contributed by atoms with Crippen LogP contribution >= 0.6 is 11.6 Å². The fraction of sp³-hybridized carbons (Fsp3) is 0.333. The van der Waals surface area contributed by atoms with Gasteiger partial charge in [-0.05, 0) is 30.2 Å². The van der Waals surface area contributed by atoms with Crippen LogP contribution in [0.4, 0.5) is 0 Å². The van der Waals surface area contributed by atoms with Crippen molar-refractivity contribution in [2.45, 2.75) is 31.6 Å². The van der Waals surface area contributed by atoms with Crippen molar-refractivity contribution in [2.75, 3.05) is 6.61 Å². The second-order valence-corrected chi connectivity index (χ2v) is 6.64. The van der Waals surface area contributed by atoms with Crippen molar-refractivity contribution in [2.24, 2.45) is 0 Å². The molecule has 0 radical (unpaired) electrons. The second kappa shape index (κ2) is 4.82. The number of ether oxygens (including phenoxy) is 1. The fourth-order valence-electron chi connectivity index (χ4n) is 2.72. The Hall–Kier alpha value is -1.47. The summed E-state index contributed by atoms with van der Waals surface area (Å²) in [5.41, 5.74) is 4.83. The molecule has 0 aromatic heterocycles. The molecule has 0 bridgehead atoms. The average molecular weight is 287 g/mol. The van der Waals surface area contributed by atoms with E-state index in [4.69, 9.17) is 16.3 Å². The van der Waals surface area contributed by atoms with E-state index in [0.29, 0.717) is 0 Å². The third kappa shape index (κ3) is 2.31. The standard InChI is InChI=1S/C18H19ClO/c1-12-5-4-6-13(9-12)17(19)14-7-8-16-15(10-14)18(2,3)11-20-16/h4-10,17H,11H2,1-3H3. The first-order valence-electron chi connectivity index (χ1n) is 6.95. The van der Waals surface area contributed by atoms with Crippen LogP contribution in [0.3, 0.4) is 0 Å². The quantitative estimate of drug-likeness (QED) is 0.707. The van der Waals surface area contributed by atoms with E-state index in [1.807, 2.05) is 6.07 Å². The van der Waals surface area contributed by atoms with Crippen molar-refractivity contribution in [3.63, 3.8) is 0 Å². The zero-order chi connectivity index (χ0) is 14.3. The third-order valence-corrected chi connectivity index (χ3v) is 4.45. The summed E-state index contributed by atoms with van der Waals surface area (Å²) in [4.78, 5) is 0. The highest BCUT2D eigenvalue weighted by atomic mass is 35.5. The molecule has 2 aromatic carbocycles. The summed E-state index contributed by atoms with van der Waals surface area (Å²) in [6.07, 6.45) is 0. The molecule has 0 amide bonds. The lowest BCUT2D eigenvalue weighted by molar-refractivity contribution is 0.291. The highest BCUT2D eigenvalue weighted by Gasteiger charge is 2.32. The lowest BCUT2D eigenvalue weighted by Gasteiger charge is -2.17. The summed E-state index contributed by atoms with van der Waals surface area (Å²) in [7, 11) is 0. The van der Waals surface area contributed by atoms with Crippen LogP contribution in [0.25, 0.3) is 0 Å². The number of rotatable bonds is 2. The number of benzene rings is 2. The fourth-order valence-corrected chi connectivity index (χ4v) is 2.99. The number of hydrogen-bond acceptors (Lipinski definition) is 1. The van der Waals surface area contributed by atoms with E-state index in [1.54, 1.807) is 0 Å². The van der Waals surface area contributed by atoms with E-state index in [-0.39, 0.29) is 10.8 Å². The summed E-state index contributed by atoms with van der Waals surface area (Å²) < 4.78 is 5.73. The van der Waals surface area contributed by atoms with Gasteiger partial charge in [-0.25, -0.2) is 0 Å². The van der Waals surface area contributed by atoms with Crippen LogP contribution in [0, 0.1) is 6.92 Å². The molecule has 104 valence electrons. The Kier molecular flexibility index (Phi) is 3.25. The molecule has 1 heterocycles. The maximum Gasteiger partial charge on any atom is 0.123 e. The molecule has 1 aliphatic heterocycles. The lowest BCUT2D eigenvalue weighted by atomic mass is 9.85. The van der Waals surface area contributed by atoms with Gasteiger partial charge < -0.3 is 4.74 Å². The van der Waals surface area contributed by atoms with Gasteiger partial charge in [-0.1, -0.05) is 49.7 Å². The maximum absolute atomic E-state index is 6.66. The molecule has 1 nitrogen and oxygen atoms in total. The van der Waals surface area contributed by atoms with Crippen molar-refractivity contribution in [1.29, 1.82) is 0 Å².